The van der Waals surface area contributed by atoms with E-state index in [1.165, 1.54) is 18.2 Å². The lowest BCUT2D eigenvalue weighted by Gasteiger charge is -2.27. The second-order valence-corrected chi connectivity index (χ2v) is 6.64. The summed E-state index contributed by atoms with van der Waals surface area (Å²) in [6.07, 6.45) is -0.0840. The highest BCUT2D eigenvalue weighted by Crippen LogP contribution is 2.11. The lowest BCUT2D eigenvalue weighted by atomic mass is 10.1. The number of nitrogens with zero attached hydrogens (tertiary/aromatic N) is 1. The van der Waals surface area contributed by atoms with Gasteiger partial charge in [-0.15, -0.1) is 0 Å². The van der Waals surface area contributed by atoms with Crippen molar-refractivity contribution in [2.75, 3.05) is 18.8 Å². The van der Waals surface area contributed by atoms with Crippen LogP contribution in [0.1, 0.15) is 33.6 Å². The third kappa shape index (κ3) is 7.30. The zero-order chi connectivity index (χ0) is 13.7. The number of sulfonamides is 1. The fraction of sp³-hybridized carbons (Fsp3) is 0.900. The van der Waals surface area contributed by atoms with E-state index in [1.54, 1.807) is 6.92 Å². The lowest BCUT2D eigenvalue weighted by molar-refractivity contribution is -0.137. The van der Waals surface area contributed by atoms with Crippen molar-refractivity contribution < 1.29 is 23.4 Å². The number of carboxylic acids is 1. The molecule has 0 spiro atoms. The topological polar surface area (TPSA) is 94.9 Å². The van der Waals surface area contributed by atoms with Crippen molar-refractivity contribution in [2.45, 2.75) is 39.2 Å². The van der Waals surface area contributed by atoms with Crippen LogP contribution in [0.4, 0.5) is 0 Å². The van der Waals surface area contributed by atoms with Gasteiger partial charge in [0.1, 0.15) is 0 Å². The standard InChI is InChI=1S/C10H21NO5S/c1-4-11(8-10(2,3)14)17(15,16)7-5-6-9(12)13/h14H,4-8H2,1-3H3,(H,12,13). The van der Waals surface area contributed by atoms with Crippen molar-refractivity contribution in [3.8, 4) is 0 Å². The van der Waals surface area contributed by atoms with Gasteiger partial charge in [-0.3, -0.25) is 4.79 Å². The van der Waals surface area contributed by atoms with Crippen LogP contribution in [-0.2, 0) is 14.8 Å². The smallest absolute Gasteiger partial charge is 0.303 e. The van der Waals surface area contributed by atoms with Gasteiger partial charge in [0.2, 0.25) is 10.0 Å². The average Bonchev–Trinajstić information content (AvgIpc) is 2.11. The van der Waals surface area contributed by atoms with Crippen LogP contribution in [-0.4, -0.2) is 53.3 Å². The number of rotatable bonds is 8. The highest BCUT2D eigenvalue weighted by Gasteiger charge is 2.26. The summed E-state index contributed by atoms with van der Waals surface area (Å²) in [6, 6.07) is 0. The molecule has 0 heterocycles. The van der Waals surface area contributed by atoms with Gasteiger partial charge in [0.05, 0.1) is 11.4 Å². The largest absolute Gasteiger partial charge is 0.481 e. The number of hydrogen-bond donors (Lipinski definition) is 2. The second kappa shape index (κ2) is 6.32. The van der Waals surface area contributed by atoms with E-state index < -0.39 is 21.6 Å². The summed E-state index contributed by atoms with van der Waals surface area (Å²) < 4.78 is 24.9. The molecule has 0 rings (SSSR count). The third-order valence-electron chi connectivity index (χ3n) is 2.10. The molecule has 0 radical (unpaired) electrons. The van der Waals surface area contributed by atoms with Crippen LogP contribution in [0.25, 0.3) is 0 Å². The Labute approximate surface area is 102 Å². The van der Waals surface area contributed by atoms with E-state index in [2.05, 4.69) is 0 Å². The van der Waals surface area contributed by atoms with Crippen molar-refractivity contribution in [3.05, 3.63) is 0 Å². The van der Waals surface area contributed by atoms with Gasteiger partial charge in [0.25, 0.3) is 0 Å². The molecule has 0 aliphatic carbocycles. The Morgan fingerprint density at radius 3 is 2.24 bits per heavy atom. The van der Waals surface area contributed by atoms with Crippen LogP contribution in [0.15, 0.2) is 0 Å². The summed E-state index contributed by atoms with van der Waals surface area (Å²) in [5.41, 5.74) is -1.10. The van der Waals surface area contributed by atoms with Gasteiger partial charge in [0, 0.05) is 19.5 Å². The average molecular weight is 267 g/mol. The number of likely N-dealkylation sites (N-methyl/N-ethyl adjacent to an activating group) is 1. The third-order valence-corrected chi connectivity index (χ3v) is 4.08. The molecule has 0 aliphatic rings. The highest BCUT2D eigenvalue weighted by molar-refractivity contribution is 7.89. The maximum Gasteiger partial charge on any atom is 0.303 e. The van der Waals surface area contributed by atoms with Crippen LogP contribution in [0, 0.1) is 0 Å². The van der Waals surface area contributed by atoms with E-state index in [1.807, 2.05) is 0 Å². The highest BCUT2D eigenvalue weighted by atomic mass is 32.2. The molecule has 0 amide bonds. The molecule has 0 aromatic rings. The van der Waals surface area contributed by atoms with E-state index in [-0.39, 0.29) is 31.7 Å². The second-order valence-electron chi connectivity index (χ2n) is 4.55. The maximum absolute atomic E-state index is 11.8. The quantitative estimate of drug-likeness (QED) is 0.658. The molecule has 0 saturated carbocycles. The minimum Gasteiger partial charge on any atom is -0.481 e. The first-order valence-corrected chi connectivity index (χ1v) is 7.11. The van der Waals surface area contributed by atoms with Gasteiger partial charge in [-0.2, -0.15) is 4.31 Å². The summed E-state index contributed by atoms with van der Waals surface area (Å²) in [7, 11) is -3.49. The number of carbonyl (C=O) groups is 1. The Morgan fingerprint density at radius 2 is 1.88 bits per heavy atom. The van der Waals surface area contributed by atoms with Gasteiger partial charge in [0.15, 0.2) is 0 Å². The molecule has 17 heavy (non-hydrogen) atoms. The Kier molecular flexibility index (Phi) is 6.08. The Balaban J connectivity index is 4.49. The van der Waals surface area contributed by atoms with Crippen molar-refractivity contribution >= 4 is 16.0 Å². The SMILES string of the molecule is CCN(CC(C)(C)O)S(=O)(=O)CCCC(=O)O. The number of aliphatic hydroxyl groups is 1. The van der Waals surface area contributed by atoms with E-state index in [0.717, 1.165) is 0 Å². The van der Waals surface area contributed by atoms with Crippen molar-refractivity contribution in [3.63, 3.8) is 0 Å². The molecule has 0 aromatic carbocycles. The van der Waals surface area contributed by atoms with Crippen LogP contribution < -0.4 is 0 Å². The van der Waals surface area contributed by atoms with Crippen LogP contribution in [0.2, 0.25) is 0 Å². The molecule has 0 saturated heterocycles. The predicted octanol–water partition coefficient (Wildman–Crippen LogP) is 0.274. The normalized spacial score (nSPS) is 13.0. The van der Waals surface area contributed by atoms with Gasteiger partial charge in [-0.25, -0.2) is 8.42 Å². The summed E-state index contributed by atoms with van der Waals surface area (Å²) in [5.74, 6) is -1.21. The van der Waals surface area contributed by atoms with Crippen LogP contribution >= 0.6 is 0 Å². The first-order valence-electron chi connectivity index (χ1n) is 5.50. The molecule has 0 bridgehead atoms. The molecule has 2 N–H and O–H groups in total. The molecule has 0 aliphatic heterocycles. The van der Waals surface area contributed by atoms with Crippen molar-refractivity contribution in [1.82, 2.24) is 4.31 Å². The van der Waals surface area contributed by atoms with E-state index in [0.29, 0.717) is 0 Å². The Morgan fingerprint density at radius 1 is 1.35 bits per heavy atom. The molecule has 0 aromatic heterocycles. The van der Waals surface area contributed by atoms with Crippen molar-refractivity contribution in [1.29, 1.82) is 0 Å². The fourth-order valence-corrected chi connectivity index (χ4v) is 3.05. The van der Waals surface area contributed by atoms with Gasteiger partial charge < -0.3 is 10.2 Å². The molecule has 7 heteroatoms. The molecule has 0 unspecified atom stereocenters. The number of aliphatic carboxylic acids is 1. The molecule has 6 nitrogen and oxygen atoms in total. The van der Waals surface area contributed by atoms with E-state index >= 15 is 0 Å². The Bertz CT molecular complexity index is 344. The monoisotopic (exact) mass is 267 g/mol. The molecular weight excluding hydrogens is 246 g/mol. The number of hydrogen-bond acceptors (Lipinski definition) is 4. The molecule has 0 fully saturated rings. The summed E-state index contributed by atoms with van der Waals surface area (Å²) in [6.45, 7) is 5.02. The molecule has 102 valence electrons. The summed E-state index contributed by atoms with van der Waals surface area (Å²) >= 11 is 0. The minimum absolute atomic E-state index is 0.0128. The maximum atomic E-state index is 11.8. The lowest BCUT2D eigenvalue weighted by Crippen LogP contribution is -2.43. The molecule has 0 atom stereocenters. The van der Waals surface area contributed by atoms with Gasteiger partial charge in [-0.05, 0) is 20.3 Å². The predicted molar refractivity (Wildman–Crippen MR) is 64.2 cm³/mol. The van der Waals surface area contributed by atoms with E-state index in [4.69, 9.17) is 5.11 Å². The number of carboxylic acid groups (broad SMARTS) is 1. The van der Waals surface area contributed by atoms with E-state index in [9.17, 15) is 18.3 Å². The van der Waals surface area contributed by atoms with Gasteiger partial charge >= 0.3 is 5.97 Å². The van der Waals surface area contributed by atoms with Crippen LogP contribution in [0.3, 0.4) is 0 Å². The minimum atomic E-state index is -3.49. The zero-order valence-electron chi connectivity index (χ0n) is 10.5. The molecular formula is C10H21NO5S. The Hall–Kier alpha value is -0.660. The summed E-state index contributed by atoms with van der Waals surface area (Å²) in [5, 5.41) is 18.0. The fourth-order valence-electron chi connectivity index (χ4n) is 1.37. The first kappa shape index (κ1) is 16.3. The van der Waals surface area contributed by atoms with Gasteiger partial charge in [-0.1, -0.05) is 6.92 Å². The summed E-state index contributed by atoms with van der Waals surface area (Å²) in [4.78, 5) is 10.3. The first-order chi connectivity index (χ1) is 7.58. The van der Waals surface area contributed by atoms with Crippen molar-refractivity contribution in [2.24, 2.45) is 0 Å². The zero-order valence-corrected chi connectivity index (χ0v) is 11.3. The van der Waals surface area contributed by atoms with Crippen LogP contribution in [0.5, 0.6) is 0 Å².